The van der Waals surface area contributed by atoms with Gasteiger partial charge in [-0.1, -0.05) is 13.8 Å². The molecule has 1 aromatic heterocycles. The summed E-state index contributed by atoms with van der Waals surface area (Å²) in [6.45, 7) is 5.39. The third-order valence-electron chi connectivity index (χ3n) is 2.59. The maximum Gasteiger partial charge on any atom is 0.0952 e. The fourth-order valence-electron chi connectivity index (χ4n) is 1.75. The van der Waals surface area contributed by atoms with E-state index in [-0.39, 0.29) is 6.61 Å². The molecular formula is C11H21N3O. The fourth-order valence-corrected chi connectivity index (χ4v) is 1.75. The summed E-state index contributed by atoms with van der Waals surface area (Å²) in [5.41, 5.74) is 0.885. The molecule has 0 aromatic carbocycles. The lowest BCUT2D eigenvalue weighted by molar-refractivity contribution is 0.234. The zero-order valence-electron chi connectivity index (χ0n) is 10.0. The number of nitrogens with zero attached hydrogens (tertiary/aromatic N) is 3. The van der Waals surface area contributed by atoms with E-state index in [0.29, 0.717) is 12.0 Å². The van der Waals surface area contributed by atoms with Crippen molar-refractivity contribution in [2.45, 2.75) is 26.5 Å². The lowest BCUT2D eigenvalue weighted by atomic mass is 10.0. The molecule has 1 heterocycles. The Balaban J connectivity index is 2.88. The molecule has 1 unspecified atom stereocenters. The van der Waals surface area contributed by atoms with Crippen LogP contribution in [0, 0.1) is 5.92 Å². The molecule has 4 heteroatoms. The Morgan fingerprint density at radius 1 is 1.47 bits per heavy atom. The molecule has 1 aromatic rings. The Bertz CT molecular complexity index is 294. The maximum atomic E-state index is 9.20. The van der Waals surface area contributed by atoms with Crippen LogP contribution in [-0.4, -0.2) is 40.2 Å². The molecule has 0 aliphatic rings. The van der Waals surface area contributed by atoms with Crippen LogP contribution in [0.25, 0.3) is 0 Å². The predicted octanol–water partition coefficient (Wildman–Crippen LogP) is 1.13. The quantitative estimate of drug-likeness (QED) is 0.794. The second kappa shape index (κ2) is 5.28. The minimum Gasteiger partial charge on any atom is -0.390 e. The molecule has 1 rings (SSSR count). The van der Waals surface area contributed by atoms with Crippen molar-refractivity contribution in [2.24, 2.45) is 5.92 Å². The molecule has 86 valence electrons. The third-order valence-corrected chi connectivity index (χ3v) is 2.59. The van der Waals surface area contributed by atoms with Gasteiger partial charge in [-0.05, 0) is 20.0 Å². The highest BCUT2D eigenvalue weighted by atomic mass is 16.3. The van der Waals surface area contributed by atoms with Crippen LogP contribution in [0.3, 0.4) is 0 Å². The van der Waals surface area contributed by atoms with Crippen LogP contribution in [0.15, 0.2) is 12.5 Å². The molecule has 0 saturated heterocycles. The standard InChI is InChI=1S/C11H21N3O/c1-9(2)11(6-13(3)4)14-8-12-5-10(14)7-15/h5,8-9,11,15H,6-7H2,1-4H3. The zero-order valence-corrected chi connectivity index (χ0v) is 10.0. The van der Waals surface area contributed by atoms with Gasteiger partial charge in [-0.25, -0.2) is 4.98 Å². The number of hydrogen-bond donors (Lipinski definition) is 1. The summed E-state index contributed by atoms with van der Waals surface area (Å²) in [6, 6.07) is 0.365. The van der Waals surface area contributed by atoms with Gasteiger partial charge in [0.05, 0.1) is 24.8 Å². The van der Waals surface area contributed by atoms with E-state index in [4.69, 9.17) is 0 Å². The van der Waals surface area contributed by atoms with Crippen molar-refractivity contribution in [3.05, 3.63) is 18.2 Å². The first-order chi connectivity index (χ1) is 7.06. The Kier molecular flexibility index (Phi) is 4.29. The zero-order chi connectivity index (χ0) is 11.4. The van der Waals surface area contributed by atoms with Crippen LogP contribution in [-0.2, 0) is 6.61 Å². The second-order valence-corrected chi connectivity index (χ2v) is 4.52. The van der Waals surface area contributed by atoms with E-state index in [2.05, 4.69) is 42.4 Å². The van der Waals surface area contributed by atoms with Crippen molar-refractivity contribution in [1.82, 2.24) is 14.5 Å². The minimum absolute atomic E-state index is 0.0522. The lowest BCUT2D eigenvalue weighted by Gasteiger charge is -2.27. The smallest absolute Gasteiger partial charge is 0.0952 e. The first-order valence-electron chi connectivity index (χ1n) is 5.32. The van der Waals surface area contributed by atoms with Gasteiger partial charge >= 0.3 is 0 Å². The molecule has 0 saturated carbocycles. The summed E-state index contributed by atoms with van der Waals surface area (Å²) < 4.78 is 2.07. The van der Waals surface area contributed by atoms with Gasteiger partial charge in [0.1, 0.15) is 0 Å². The number of likely N-dealkylation sites (N-methyl/N-ethyl adjacent to an activating group) is 1. The van der Waals surface area contributed by atoms with E-state index in [1.807, 2.05) is 0 Å². The molecular weight excluding hydrogens is 190 g/mol. The summed E-state index contributed by atoms with van der Waals surface area (Å²) >= 11 is 0. The number of aromatic nitrogens is 2. The van der Waals surface area contributed by atoms with Gasteiger partial charge in [0, 0.05) is 12.6 Å². The van der Waals surface area contributed by atoms with Crippen molar-refractivity contribution >= 4 is 0 Å². The highest BCUT2D eigenvalue weighted by Crippen LogP contribution is 2.20. The molecule has 0 bridgehead atoms. The largest absolute Gasteiger partial charge is 0.390 e. The monoisotopic (exact) mass is 211 g/mol. The highest BCUT2D eigenvalue weighted by molar-refractivity contribution is 4.99. The van der Waals surface area contributed by atoms with E-state index in [0.717, 1.165) is 12.2 Å². The fraction of sp³-hybridized carbons (Fsp3) is 0.727. The number of imidazole rings is 1. The van der Waals surface area contributed by atoms with Crippen LogP contribution in [0.2, 0.25) is 0 Å². The molecule has 15 heavy (non-hydrogen) atoms. The van der Waals surface area contributed by atoms with Gasteiger partial charge in [-0.2, -0.15) is 0 Å². The first kappa shape index (κ1) is 12.2. The molecule has 0 radical (unpaired) electrons. The first-order valence-corrected chi connectivity index (χ1v) is 5.32. The van der Waals surface area contributed by atoms with E-state index < -0.39 is 0 Å². The van der Waals surface area contributed by atoms with Crippen molar-refractivity contribution in [3.8, 4) is 0 Å². The molecule has 0 amide bonds. The molecule has 0 aliphatic heterocycles. The summed E-state index contributed by atoms with van der Waals surface area (Å²) in [6.07, 6.45) is 3.53. The molecule has 0 spiro atoms. The normalized spacial score (nSPS) is 13.8. The van der Waals surface area contributed by atoms with Crippen LogP contribution in [0.1, 0.15) is 25.6 Å². The van der Waals surface area contributed by atoms with Gasteiger partial charge in [0.15, 0.2) is 0 Å². The number of rotatable bonds is 5. The SMILES string of the molecule is CC(C)C(CN(C)C)n1cncc1CO. The Hall–Kier alpha value is -0.870. The summed E-state index contributed by atoms with van der Waals surface area (Å²) in [4.78, 5) is 6.25. The van der Waals surface area contributed by atoms with Crippen molar-refractivity contribution in [2.75, 3.05) is 20.6 Å². The molecule has 4 nitrogen and oxygen atoms in total. The number of hydrogen-bond acceptors (Lipinski definition) is 3. The number of aliphatic hydroxyl groups is 1. The minimum atomic E-state index is 0.0522. The Morgan fingerprint density at radius 3 is 2.60 bits per heavy atom. The average Bonchev–Trinajstić information content (AvgIpc) is 2.60. The summed E-state index contributed by atoms with van der Waals surface area (Å²) in [5, 5.41) is 9.20. The molecule has 1 N–H and O–H groups in total. The molecule has 1 atom stereocenters. The van der Waals surface area contributed by atoms with Gasteiger partial charge < -0.3 is 14.6 Å². The van der Waals surface area contributed by atoms with Crippen molar-refractivity contribution in [3.63, 3.8) is 0 Å². The summed E-state index contributed by atoms with van der Waals surface area (Å²) in [5.74, 6) is 0.520. The lowest BCUT2D eigenvalue weighted by Crippen LogP contribution is -2.28. The topological polar surface area (TPSA) is 41.3 Å². The second-order valence-electron chi connectivity index (χ2n) is 4.52. The summed E-state index contributed by atoms with van der Waals surface area (Å²) in [7, 11) is 4.12. The van der Waals surface area contributed by atoms with E-state index in [9.17, 15) is 5.11 Å². The van der Waals surface area contributed by atoms with E-state index in [1.54, 1.807) is 12.5 Å². The number of aliphatic hydroxyl groups excluding tert-OH is 1. The van der Waals surface area contributed by atoms with Crippen molar-refractivity contribution < 1.29 is 5.11 Å². The van der Waals surface area contributed by atoms with E-state index in [1.165, 1.54) is 0 Å². The van der Waals surface area contributed by atoms with Crippen LogP contribution in [0.4, 0.5) is 0 Å². The van der Waals surface area contributed by atoms with Crippen LogP contribution < -0.4 is 0 Å². The predicted molar refractivity (Wildman–Crippen MR) is 60.6 cm³/mol. The van der Waals surface area contributed by atoms with Gasteiger partial charge in [0.2, 0.25) is 0 Å². The molecule has 0 fully saturated rings. The highest BCUT2D eigenvalue weighted by Gasteiger charge is 2.18. The van der Waals surface area contributed by atoms with E-state index >= 15 is 0 Å². The molecule has 0 aliphatic carbocycles. The third kappa shape index (κ3) is 3.04. The van der Waals surface area contributed by atoms with Gasteiger partial charge in [-0.15, -0.1) is 0 Å². The van der Waals surface area contributed by atoms with Gasteiger partial charge in [-0.3, -0.25) is 0 Å². The average molecular weight is 211 g/mol. The Morgan fingerprint density at radius 2 is 2.13 bits per heavy atom. The van der Waals surface area contributed by atoms with Gasteiger partial charge in [0.25, 0.3) is 0 Å². The van der Waals surface area contributed by atoms with Crippen molar-refractivity contribution in [1.29, 1.82) is 0 Å². The van der Waals surface area contributed by atoms with Crippen LogP contribution in [0.5, 0.6) is 0 Å². The Labute approximate surface area is 91.5 Å². The van der Waals surface area contributed by atoms with Crippen LogP contribution >= 0.6 is 0 Å². The maximum absolute atomic E-state index is 9.20.